The number of alkyl halides is 3. The molecule has 0 radical (unpaired) electrons. The number of nitrogens with zero attached hydrogens (tertiary/aromatic N) is 2. The molecule has 0 unspecified atom stereocenters. The Bertz CT molecular complexity index is 1120. The van der Waals surface area contributed by atoms with Crippen LogP contribution in [0.15, 0.2) is 48.8 Å². The van der Waals surface area contributed by atoms with Crippen LogP contribution in [0, 0.1) is 11.3 Å². The number of benzene rings is 1. The van der Waals surface area contributed by atoms with Crippen molar-refractivity contribution >= 4 is 11.4 Å². The van der Waals surface area contributed by atoms with Gasteiger partial charge in [0, 0.05) is 12.2 Å². The summed E-state index contributed by atoms with van der Waals surface area (Å²) in [6, 6.07) is 9.07. The van der Waals surface area contributed by atoms with Gasteiger partial charge in [-0.25, -0.2) is 4.52 Å². The van der Waals surface area contributed by atoms with Crippen LogP contribution in [0.4, 0.5) is 13.2 Å². The van der Waals surface area contributed by atoms with E-state index in [2.05, 4.69) is 17.3 Å². The second kappa shape index (κ2) is 7.11. The first-order valence-corrected chi connectivity index (χ1v) is 10.6. The lowest BCUT2D eigenvalue weighted by Gasteiger charge is -2.57. The summed E-state index contributed by atoms with van der Waals surface area (Å²) in [5, 5.41) is 7.46. The van der Waals surface area contributed by atoms with Crippen molar-refractivity contribution in [3.8, 4) is 0 Å². The largest absolute Gasteiger partial charge is 0.416 e. The Balaban J connectivity index is 1.34. The number of carbonyl (C=O) groups excluding carboxylic acids is 1. The molecule has 0 aliphatic heterocycles. The van der Waals surface area contributed by atoms with Crippen LogP contribution < -0.4 is 5.32 Å². The van der Waals surface area contributed by atoms with Crippen LogP contribution in [0.3, 0.4) is 0 Å². The first-order chi connectivity index (χ1) is 14.7. The molecule has 0 atom stereocenters. The van der Waals surface area contributed by atoms with E-state index in [4.69, 9.17) is 0 Å². The van der Waals surface area contributed by atoms with Gasteiger partial charge < -0.3 is 5.32 Å². The van der Waals surface area contributed by atoms with Crippen LogP contribution >= 0.6 is 0 Å². The molecule has 0 saturated heterocycles. The quantitative estimate of drug-likeness (QED) is 0.618. The van der Waals surface area contributed by atoms with E-state index in [1.165, 1.54) is 25.0 Å². The number of rotatable bonds is 4. The third-order valence-corrected chi connectivity index (χ3v) is 6.80. The Kier molecular flexibility index (Phi) is 4.61. The van der Waals surface area contributed by atoms with Crippen LogP contribution in [0.25, 0.3) is 5.52 Å². The highest BCUT2D eigenvalue weighted by atomic mass is 19.4. The molecule has 2 fully saturated rings. The van der Waals surface area contributed by atoms with E-state index < -0.39 is 11.7 Å². The zero-order valence-corrected chi connectivity index (χ0v) is 17.2. The van der Waals surface area contributed by atoms with Crippen molar-refractivity contribution in [2.45, 2.75) is 51.2 Å². The van der Waals surface area contributed by atoms with Crippen molar-refractivity contribution in [2.24, 2.45) is 11.3 Å². The van der Waals surface area contributed by atoms with Crippen molar-refractivity contribution in [3.63, 3.8) is 0 Å². The van der Waals surface area contributed by atoms with Crippen LogP contribution in [0.1, 0.15) is 59.7 Å². The van der Waals surface area contributed by atoms with Crippen molar-refractivity contribution in [1.29, 1.82) is 0 Å². The summed E-state index contributed by atoms with van der Waals surface area (Å²) in [6.45, 7) is 2.27. The van der Waals surface area contributed by atoms with E-state index in [1.54, 1.807) is 16.9 Å². The molecule has 5 rings (SSSR count). The standard InChI is InChI=1S/C24H24F3N3O/c1-15-10-23(11-15)12-19(13-23)29-22(31)20-14-28-30-8-2-3-17(21(20)30)9-16-4-6-18(7-5-16)24(25,26)27/h2-8,14-15,19H,9-13H2,1H3,(H,29,31). The predicted molar refractivity (Wildman–Crippen MR) is 111 cm³/mol. The number of fused-ring (bicyclic) bond motifs is 1. The number of hydrogen-bond donors (Lipinski definition) is 1. The van der Waals surface area contributed by atoms with Gasteiger partial charge in [0.25, 0.3) is 5.91 Å². The van der Waals surface area contributed by atoms with Crippen LogP contribution in [-0.2, 0) is 12.6 Å². The molecule has 31 heavy (non-hydrogen) atoms. The molecular formula is C24H24F3N3O. The summed E-state index contributed by atoms with van der Waals surface area (Å²) in [5.41, 5.74) is 2.58. The lowest BCUT2D eigenvalue weighted by atomic mass is 9.50. The smallest absolute Gasteiger partial charge is 0.349 e. The van der Waals surface area contributed by atoms with Gasteiger partial charge >= 0.3 is 6.18 Å². The second-order valence-corrected chi connectivity index (χ2v) is 9.35. The molecule has 2 aliphatic rings. The summed E-state index contributed by atoms with van der Waals surface area (Å²) in [6.07, 6.45) is 4.01. The highest BCUT2D eigenvalue weighted by Gasteiger charge is 2.51. The van der Waals surface area contributed by atoms with E-state index in [0.29, 0.717) is 22.9 Å². The lowest BCUT2D eigenvalue weighted by molar-refractivity contribution is -0.137. The van der Waals surface area contributed by atoms with E-state index in [-0.39, 0.29) is 11.9 Å². The number of nitrogens with one attached hydrogen (secondary N) is 1. The number of hydrogen-bond acceptors (Lipinski definition) is 2. The van der Waals surface area contributed by atoms with Gasteiger partial charge in [0.2, 0.25) is 0 Å². The van der Waals surface area contributed by atoms with Gasteiger partial charge in [-0.1, -0.05) is 25.1 Å². The van der Waals surface area contributed by atoms with Crippen LogP contribution in [0.5, 0.6) is 0 Å². The van der Waals surface area contributed by atoms with Gasteiger partial charge in [-0.3, -0.25) is 4.79 Å². The van der Waals surface area contributed by atoms with Crippen molar-refractivity contribution in [1.82, 2.24) is 14.9 Å². The zero-order chi connectivity index (χ0) is 21.8. The fourth-order valence-corrected chi connectivity index (χ4v) is 5.56. The van der Waals surface area contributed by atoms with Crippen LogP contribution in [-0.4, -0.2) is 21.6 Å². The summed E-state index contributed by atoms with van der Waals surface area (Å²) >= 11 is 0. The Morgan fingerprint density at radius 2 is 1.87 bits per heavy atom. The maximum Gasteiger partial charge on any atom is 0.416 e. The minimum absolute atomic E-state index is 0.137. The van der Waals surface area contributed by atoms with Gasteiger partial charge in [0.15, 0.2) is 0 Å². The minimum Gasteiger partial charge on any atom is -0.349 e. The SMILES string of the molecule is CC1CC2(C1)CC(NC(=O)c1cnn3cccc(Cc4ccc(C(F)(F)F)cc4)c13)C2. The molecule has 4 nitrogen and oxygen atoms in total. The Morgan fingerprint density at radius 1 is 1.16 bits per heavy atom. The first kappa shape index (κ1) is 20.1. The Labute approximate surface area is 178 Å². The maximum absolute atomic E-state index is 13.0. The Hall–Kier alpha value is -2.83. The molecule has 2 saturated carbocycles. The molecule has 2 aromatic heterocycles. The highest BCUT2D eigenvalue weighted by molar-refractivity contribution is 6.01. The molecule has 1 amide bonds. The van der Waals surface area contributed by atoms with E-state index in [1.807, 2.05) is 12.1 Å². The lowest BCUT2D eigenvalue weighted by Crippen LogP contribution is -2.55. The topological polar surface area (TPSA) is 46.4 Å². The molecule has 0 bridgehead atoms. The summed E-state index contributed by atoms with van der Waals surface area (Å²) in [4.78, 5) is 13.0. The average molecular weight is 427 g/mol. The number of halogens is 3. The van der Waals surface area contributed by atoms with Crippen molar-refractivity contribution in [3.05, 3.63) is 71.0 Å². The third-order valence-electron chi connectivity index (χ3n) is 6.80. The van der Waals surface area contributed by atoms with Crippen molar-refractivity contribution < 1.29 is 18.0 Å². The maximum atomic E-state index is 13.0. The van der Waals surface area contributed by atoms with Gasteiger partial charge in [0.05, 0.1) is 22.8 Å². The van der Waals surface area contributed by atoms with Gasteiger partial charge in [-0.15, -0.1) is 0 Å². The number of amides is 1. The second-order valence-electron chi connectivity index (χ2n) is 9.35. The Morgan fingerprint density at radius 3 is 2.52 bits per heavy atom. The number of pyridine rings is 1. The molecule has 2 aliphatic carbocycles. The molecule has 1 spiro atoms. The summed E-state index contributed by atoms with van der Waals surface area (Å²) in [7, 11) is 0. The molecule has 7 heteroatoms. The molecular weight excluding hydrogens is 403 g/mol. The zero-order valence-electron chi connectivity index (χ0n) is 17.2. The normalized spacial score (nSPS) is 25.3. The third kappa shape index (κ3) is 3.70. The van der Waals surface area contributed by atoms with E-state index in [9.17, 15) is 18.0 Å². The fourth-order valence-electron chi connectivity index (χ4n) is 5.56. The minimum atomic E-state index is -4.35. The van der Waals surface area contributed by atoms with Crippen LogP contribution in [0.2, 0.25) is 0 Å². The monoisotopic (exact) mass is 427 g/mol. The van der Waals surface area contributed by atoms with Gasteiger partial charge in [0.1, 0.15) is 0 Å². The molecule has 3 aromatic rings. The fraction of sp³-hybridized carbons (Fsp3) is 0.417. The summed E-state index contributed by atoms with van der Waals surface area (Å²) < 4.78 is 40.1. The summed E-state index contributed by atoms with van der Waals surface area (Å²) in [5.74, 6) is 0.658. The van der Waals surface area contributed by atoms with Gasteiger partial charge in [-0.05, 0) is 72.8 Å². The van der Waals surface area contributed by atoms with E-state index >= 15 is 0 Å². The molecule has 2 heterocycles. The molecule has 1 N–H and O–H groups in total. The highest BCUT2D eigenvalue weighted by Crippen LogP contribution is 2.58. The van der Waals surface area contributed by atoms with Crippen molar-refractivity contribution in [2.75, 3.05) is 0 Å². The number of carbonyl (C=O) groups is 1. The molecule has 1 aromatic carbocycles. The number of aromatic nitrogens is 2. The van der Waals surface area contributed by atoms with Gasteiger partial charge in [-0.2, -0.15) is 18.3 Å². The van der Waals surface area contributed by atoms with E-state index in [0.717, 1.165) is 42.0 Å². The first-order valence-electron chi connectivity index (χ1n) is 10.6. The molecule has 162 valence electrons. The average Bonchev–Trinajstić information content (AvgIpc) is 3.10. The predicted octanol–water partition coefficient (Wildman–Crippen LogP) is 5.25.